The second-order valence-electron chi connectivity index (χ2n) is 3.23. The number of aromatic nitrogens is 2. The highest BCUT2D eigenvalue weighted by atomic mass is 19.4. The minimum atomic E-state index is -4.33. The summed E-state index contributed by atoms with van der Waals surface area (Å²) in [5.74, 6) is 0.0489. The number of hydrogen-bond acceptors (Lipinski definition) is 5. The SMILES string of the molecule is Cc1nc(CNC(=O)CNCC(F)(F)F)no1. The van der Waals surface area contributed by atoms with Gasteiger partial charge in [-0.2, -0.15) is 18.2 Å². The summed E-state index contributed by atoms with van der Waals surface area (Å²) < 4.78 is 39.8. The van der Waals surface area contributed by atoms with Crippen LogP contribution in [0.1, 0.15) is 11.7 Å². The third-order valence-electron chi connectivity index (χ3n) is 1.62. The summed E-state index contributed by atoms with van der Waals surface area (Å²) in [7, 11) is 0. The molecule has 6 nitrogen and oxygen atoms in total. The molecule has 96 valence electrons. The van der Waals surface area contributed by atoms with Crippen molar-refractivity contribution in [3.63, 3.8) is 0 Å². The van der Waals surface area contributed by atoms with E-state index in [9.17, 15) is 18.0 Å². The number of nitrogens with one attached hydrogen (secondary N) is 2. The normalized spacial score (nSPS) is 11.5. The molecule has 0 saturated heterocycles. The number of carbonyl (C=O) groups is 1. The van der Waals surface area contributed by atoms with E-state index in [1.807, 2.05) is 5.32 Å². The van der Waals surface area contributed by atoms with E-state index in [1.54, 1.807) is 6.92 Å². The summed E-state index contributed by atoms with van der Waals surface area (Å²) in [6.45, 7) is -0.0227. The number of alkyl halides is 3. The largest absolute Gasteiger partial charge is 0.401 e. The Labute approximate surface area is 94.6 Å². The van der Waals surface area contributed by atoms with E-state index in [4.69, 9.17) is 0 Å². The van der Waals surface area contributed by atoms with Crippen LogP contribution in [0.25, 0.3) is 0 Å². The van der Waals surface area contributed by atoms with Crippen molar-refractivity contribution in [2.45, 2.75) is 19.6 Å². The van der Waals surface area contributed by atoms with E-state index in [0.29, 0.717) is 5.89 Å². The van der Waals surface area contributed by atoms with Crippen molar-refractivity contribution in [1.29, 1.82) is 0 Å². The van der Waals surface area contributed by atoms with Crippen molar-refractivity contribution in [1.82, 2.24) is 20.8 Å². The van der Waals surface area contributed by atoms with Gasteiger partial charge in [-0.25, -0.2) is 0 Å². The molecule has 0 aliphatic carbocycles. The number of carbonyl (C=O) groups excluding carboxylic acids is 1. The Bertz CT molecular complexity index is 377. The molecular formula is C8H11F3N4O2. The lowest BCUT2D eigenvalue weighted by Gasteiger charge is -2.07. The first-order chi connectivity index (χ1) is 7.87. The second kappa shape index (κ2) is 5.62. The van der Waals surface area contributed by atoms with Crippen LogP contribution >= 0.6 is 0 Å². The number of nitrogens with zero attached hydrogens (tertiary/aromatic N) is 2. The highest BCUT2D eigenvalue weighted by molar-refractivity contribution is 5.77. The van der Waals surface area contributed by atoms with Gasteiger partial charge in [0.15, 0.2) is 5.82 Å². The van der Waals surface area contributed by atoms with Crippen LogP contribution in [-0.4, -0.2) is 35.3 Å². The van der Waals surface area contributed by atoms with Crippen LogP contribution in [0.5, 0.6) is 0 Å². The third kappa shape index (κ3) is 5.85. The zero-order chi connectivity index (χ0) is 12.9. The maximum absolute atomic E-state index is 11.7. The van der Waals surface area contributed by atoms with E-state index >= 15 is 0 Å². The van der Waals surface area contributed by atoms with Crippen LogP contribution in [0.3, 0.4) is 0 Å². The van der Waals surface area contributed by atoms with Crippen molar-refractivity contribution >= 4 is 5.91 Å². The highest BCUT2D eigenvalue weighted by Crippen LogP contribution is 2.11. The Morgan fingerprint density at radius 3 is 2.71 bits per heavy atom. The average molecular weight is 252 g/mol. The van der Waals surface area contributed by atoms with Gasteiger partial charge in [0.25, 0.3) is 0 Å². The van der Waals surface area contributed by atoms with Crippen molar-refractivity contribution < 1.29 is 22.5 Å². The van der Waals surface area contributed by atoms with Gasteiger partial charge in [-0.15, -0.1) is 0 Å². The Balaban J connectivity index is 2.18. The van der Waals surface area contributed by atoms with Gasteiger partial charge in [0.1, 0.15) is 0 Å². The first-order valence-electron chi connectivity index (χ1n) is 4.70. The molecular weight excluding hydrogens is 241 g/mol. The van der Waals surface area contributed by atoms with Crippen LogP contribution in [0, 0.1) is 6.92 Å². The molecule has 0 atom stereocenters. The summed E-state index contributed by atoms with van der Waals surface area (Å²) in [6.07, 6.45) is -4.33. The molecule has 1 amide bonds. The van der Waals surface area contributed by atoms with Crippen LogP contribution in [0.4, 0.5) is 13.2 Å². The Hall–Kier alpha value is -1.64. The summed E-state index contributed by atoms with van der Waals surface area (Å²) >= 11 is 0. The molecule has 1 aromatic rings. The highest BCUT2D eigenvalue weighted by Gasteiger charge is 2.26. The molecule has 1 heterocycles. The maximum atomic E-state index is 11.7. The van der Waals surface area contributed by atoms with Gasteiger partial charge in [-0.3, -0.25) is 4.79 Å². The first kappa shape index (κ1) is 13.4. The molecule has 9 heteroatoms. The molecule has 0 bridgehead atoms. The van der Waals surface area contributed by atoms with E-state index in [0.717, 1.165) is 0 Å². The number of aryl methyl sites for hydroxylation is 1. The molecule has 0 radical (unpaired) electrons. The lowest BCUT2D eigenvalue weighted by atomic mass is 10.5. The number of halogens is 3. The molecule has 1 rings (SSSR count). The molecule has 17 heavy (non-hydrogen) atoms. The van der Waals surface area contributed by atoms with Crippen molar-refractivity contribution in [2.75, 3.05) is 13.1 Å². The van der Waals surface area contributed by atoms with E-state index in [1.165, 1.54) is 0 Å². The van der Waals surface area contributed by atoms with Gasteiger partial charge >= 0.3 is 6.18 Å². The minimum absolute atomic E-state index is 0.0177. The maximum Gasteiger partial charge on any atom is 0.401 e. The molecule has 0 fully saturated rings. The molecule has 0 spiro atoms. The summed E-state index contributed by atoms with van der Waals surface area (Å²) in [5, 5.41) is 7.82. The Kier molecular flexibility index (Phi) is 4.44. The zero-order valence-electron chi connectivity index (χ0n) is 8.97. The molecule has 0 aromatic carbocycles. The Morgan fingerprint density at radius 2 is 2.18 bits per heavy atom. The number of amides is 1. The topological polar surface area (TPSA) is 80.0 Å². The standard InChI is InChI=1S/C8H11F3N4O2/c1-5-14-6(15-17-5)2-13-7(16)3-12-4-8(9,10)11/h12H,2-4H2,1H3,(H,13,16). The van der Waals surface area contributed by atoms with Gasteiger partial charge in [0, 0.05) is 6.92 Å². The van der Waals surface area contributed by atoms with Crippen LogP contribution < -0.4 is 10.6 Å². The number of rotatable bonds is 5. The van der Waals surface area contributed by atoms with Crippen LogP contribution in [-0.2, 0) is 11.3 Å². The second-order valence-corrected chi connectivity index (χ2v) is 3.23. The zero-order valence-corrected chi connectivity index (χ0v) is 8.97. The third-order valence-corrected chi connectivity index (χ3v) is 1.62. The van der Waals surface area contributed by atoms with Gasteiger partial charge in [-0.05, 0) is 0 Å². The predicted octanol–water partition coefficient (Wildman–Crippen LogP) is 0.146. The molecule has 0 aliphatic heterocycles. The van der Waals surface area contributed by atoms with Crippen molar-refractivity contribution in [3.05, 3.63) is 11.7 Å². The fourth-order valence-electron chi connectivity index (χ4n) is 0.971. The monoisotopic (exact) mass is 252 g/mol. The minimum Gasteiger partial charge on any atom is -0.348 e. The predicted molar refractivity (Wildman–Crippen MR) is 49.8 cm³/mol. The summed E-state index contributed by atoms with van der Waals surface area (Å²) in [4.78, 5) is 14.9. The lowest BCUT2D eigenvalue weighted by Crippen LogP contribution is -2.38. The van der Waals surface area contributed by atoms with Gasteiger partial charge < -0.3 is 15.2 Å². The van der Waals surface area contributed by atoms with E-state index < -0.39 is 25.2 Å². The number of hydrogen-bond donors (Lipinski definition) is 2. The van der Waals surface area contributed by atoms with Crippen LogP contribution in [0.2, 0.25) is 0 Å². The van der Waals surface area contributed by atoms with Gasteiger partial charge in [-0.1, -0.05) is 5.16 Å². The first-order valence-corrected chi connectivity index (χ1v) is 4.70. The Morgan fingerprint density at radius 1 is 1.47 bits per heavy atom. The van der Waals surface area contributed by atoms with Crippen molar-refractivity contribution in [2.24, 2.45) is 0 Å². The smallest absolute Gasteiger partial charge is 0.348 e. The van der Waals surface area contributed by atoms with Gasteiger partial charge in [0.2, 0.25) is 11.8 Å². The van der Waals surface area contributed by atoms with Crippen molar-refractivity contribution in [3.8, 4) is 0 Å². The summed E-state index contributed by atoms with van der Waals surface area (Å²) in [5.41, 5.74) is 0. The molecule has 1 aromatic heterocycles. The molecule has 0 unspecified atom stereocenters. The fraction of sp³-hybridized carbons (Fsp3) is 0.625. The van der Waals surface area contributed by atoms with Crippen LogP contribution in [0.15, 0.2) is 4.52 Å². The quantitative estimate of drug-likeness (QED) is 0.779. The summed E-state index contributed by atoms with van der Waals surface area (Å²) in [6, 6.07) is 0. The van der Waals surface area contributed by atoms with E-state index in [-0.39, 0.29) is 12.4 Å². The molecule has 2 N–H and O–H groups in total. The van der Waals surface area contributed by atoms with Gasteiger partial charge in [0.05, 0.1) is 19.6 Å². The average Bonchev–Trinajstić information content (AvgIpc) is 2.59. The molecule has 0 aliphatic rings. The fourth-order valence-corrected chi connectivity index (χ4v) is 0.971. The lowest BCUT2D eigenvalue weighted by molar-refractivity contribution is -0.128. The molecule has 0 saturated carbocycles. The van der Waals surface area contributed by atoms with E-state index in [2.05, 4.69) is 20.0 Å².